The zero-order valence-electron chi connectivity index (χ0n) is 17.1. The van der Waals surface area contributed by atoms with Crippen LogP contribution in [-0.2, 0) is 10.0 Å². The number of sulfonamides is 1. The van der Waals surface area contributed by atoms with Crippen molar-refractivity contribution >= 4 is 21.7 Å². The van der Waals surface area contributed by atoms with Gasteiger partial charge in [0.25, 0.3) is 0 Å². The fraction of sp³-hybridized carbons (Fsp3) is 0.500. The van der Waals surface area contributed by atoms with Crippen molar-refractivity contribution in [1.82, 2.24) is 19.4 Å². The summed E-state index contributed by atoms with van der Waals surface area (Å²) in [6.45, 7) is 8.96. The van der Waals surface area contributed by atoms with Crippen LogP contribution in [0.1, 0.15) is 6.92 Å². The van der Waals surface area contributed by atoms with Gasteiger partial charge in [-0.05, 0) is 42.9 Å². The molecule has 3 heterocycles. The van der Waals surface area contributed by atoms with Gasteiger partial charge >= 0.3 is 0 Å². The Kier molecular flexibility index (Phi) is 6.16. The van der Waals surface area contributed by atoms with E-state index in [9.17, 15) is 12.8 Å². The Hall–Kier alpha value is -2.30. The summed E-state index contributed by atoms with van der Waals surface area (Å²) in [5.74, 6) is 1.19. The van der Waals surface area contributed by atoms with Crippen molar-refractivity contribution in [3.8, 4) is 0 Å². The highest BCUT2D eigenvalue weighted by atomic mass is 32.2. The summed E-state index contributed by atoms with van der Waals surface area (Å²) in [6, 6.07) is 8.90. The Labute approximate surface area is 176 Å². The molecule has 4 rings (SSSR count). The van der Waals surface area contributed by atoms with Crippen molar-refractivity contribution < 1.29 is 12.8 Å². The summed E-state index contributed by atoms with van der Waals surface area (Å²) >= 11 is 0. The fourth-order valence-corrected chi connectivity index (χ4v) is 5.28. The van der Waals surface area contributed by atoms with Gasteiger partial charge in [0.15, 0.2) is 11.6 Å². The number of aromatic nitrogens is 2. The predicted molar refractivity (Wildman–Crippen MR) is 114 cm³/mol. The van der Waals surface area contributed by atoms with Crippen LogP contribution < -0.4 is 9.80 Å². The van der Waals surface area contributed by atoms with Gasteiger partial charge in [0.2, 0.25) is 10.0 Å². The summed E-state index contributed by atoms with van der Waals surface area (Å²) in [7, 11) is -3.62. The number of likely N-dealkylation sites (N-methyl/N-ethyl adjacent to an activating group) is 1. The van der Waals surface area contributed by atoms with Crippen LogP contribution in [0.3, 0.4) is 0 Å². The van der Waals surface area contributed by atoms with Gasteiger partial charge in [0.1, 0.15) is 5.82 Å². The largest absolute Gasteiger partial charge is 0.353 e. The monoisotopic (exact) mass is 434 g/mol. The number of nitrogens with zero attached hydrogens (tertiary/aromatic N) is 6. The molecule has 162 valence electrons. The van der Waals surface area contributed by atoms with E-state index in [0.717, 1.165) is 44.4 Å². The zero-order chi connectivity index (χ0) is 21.1. The highest BCUT2D eigenvalue weighted by Gasteiger charge is 2.29. The van der Waals surface area contributed by atoms with Crippen LogP contribution in [0.15, 0.2) is 41.3 Å². The van der Waals surface area contributed by atoms with Crippen molar-refractivity contribution in [1.29, 1.82) is 0 Å². The highest BCUT2D eigenvalue weighted by Crippen LogP contribution is 2.21. The van der Waals surface area contributed by atoms with Crippen LogP contribution in [-0.4, -0.2) is 86.7 Å². The molecule has 0 aliphatic carbocycles. The number of halogens is 1. The minimum absolute atomic E-state index is 0.115. The standard InChI is InChI=1S/C20H27FN6O2S/c1-2-24-9-11-25(12-10-24)19-7-8-20(23-22-19)26-13-15-27(16-14-26)30(28,29)18-5-3-17(21)4-6-18/h3-8H,2,9-16H2,1H3. The van der Waals surface area contributed by atoms with Gasteiger partial charge in [-0.25, -0.2) is 12.8 Å². The third-order valence-electron chi connectivity index (χ3n) is 5.79. The maximum atomic E-state index is 13.1. The van der Waals surface area contributed by atoms with Crippen molar-refractivity contribution in [2.24, 2.45) is 0 Å². The molecule has 8 nitrogen and oxygen atoms in total. The van der Waals surface area contributed by atoms with Gasteiger partial charge in [-0.3, -0.25) is 0 Å². The number of benzene rings is 1. The number of piperazine rings is 2. The molecule has 0 spiro atoms. The van der Waals surface area contributed by atoms with E-state index in [-0.39, 0.29) is 4.90 Å². The normalized spacial score (nSPS) is 19.3. The predicted octanol–water partition coefficient (Wildman–Crippen LogP) is 1.27. The average Bonchev–Trinajstić information content (AvgIpc) is 2.80. The third kappa shape index (κ3) is 4.40. The number of hydrogen-bond acceptors (Lipinski definition) is 7. The van der Waals surface area contributed by atoms with Crippen molar-refractivity contribution in [2.75, 3.05) is 68.7 Å². The smallest absolute Gasteiger partial charge is 0.243 e. The lowest BCUT2D eigenvalue weighted by molar-refractivity contribution is 0.270. The van der Waals surface area contributed by atoms with E-state index in [0.29, 0.717) is 26.2 Å². The molecule has 0 amide bonds. The van der Waals surface area contributed by atoms with Crippen LogP contribution >= 0.6 is 0 Å². The first-order chi connectivity index (χ1) is 14.5. The minimum atomic E-state index is -3.62. The van der Waals surface area contributed by atoms with Gasteiger partial charge in [-0.1, -0.05) is 6.92 Å². The van der Waals surface area contributed by atoms with E-state index >= 15 is 0 Å². The first kappa shape index (κ1) is 21.0. The number of hydrogen-bond donors (Lipinski definition) is 0. The molecule has 2 saturated heterocycles. The second-order valence-corrected chi connectivity index (χ2v) is 9.45. The molecule has 2 aliphatic rings. The van der Waals surface area contributed by atoms with Crippen LogP contribution in [0.4, 0.5) is 16.0 Å². The van der Waals surface area contributed by atoms with Crippen LogP contribution in [0.2, 0.25) is 0 Å². The molecule has 0 bridgehead atoms. The SMILES string of the molecule is CCN1CCN(c2ccc(N3CCN(S(=O)(=O)c4ccc(F)cc4)CC3)nn2)CC1. The third-order valence-corrected chi connectivity index (χ3v) is 7.71. The van der Waals surface area contributed by atoms with Gasteiger partial charge in [-0.2, -0.15) is 4.31 Å². The molecule has 0 saturated carbocycles. The second kappa shape index (κ2) is 8.83. The molecule has 0 radical (unpaired) electrons. The molecule has 0 atom stereocenters. The minimum Gasteiger partial charge on any atom is -0.353 e. The van der Waals surface area contributed by atoms with E-state index in [2.05, 4.69) is 26.9 Å². The van der Waals surface area contributed by atoms with Crippen LogP contribution in [0.5, 0.6) is 0 Å². The summed E-state index contributed by atoms with van der Waals surface area (Å²) in [5.41, 5.74) is 0. The van der Waals surface area contributed by atoms with E-state index in [1.807, 2.05) is 17.0 Å². The molecule has 1 aromatic carbocycles. The van der Waals surface area contributed by atoms with Crippen LogP contribution in [0.25, 0.3) is 0 Å². The van der Waals surface area contributed by atoms with Crippen molar-refractivity contribution in [3.05, 3.63) is 42.2 Å². The lowest BCUT2D eigenvalue weighted by atomic mass is 10.3. The lowest BCUT2D eigenvalue weighted by Gasteiger charge is -2.35. The average molecular weight is 435 g/mol. The maximum absolute atomic E-state index is 13.1. The van der Waals surface area contributed by atoms with E-state index in [1.54, 1.807) is 0 Å². The van der Waals surface area contributed by atoms with Gasteiger partial charge in [0.05, 0.1) is 4.90 Å². The molecule has 0 N–H and O–H groups in total. The Balaban J connectivity index is 1.35. The number of rotatable bonds is 5. The van der Waals surface area contributed by atoms with Crippen LogP contribution in [0, 0.1) is 5.82 Å². The summed E-state index contributed by atoms with van der Waals surface area (Å²) in [4.78, 5) is 6.82. The topological polar surface area (TPSA) is 72.9 Å². The Morgan fingerprint density at radius 2 is 1.30 bits per heavy atom. The fourth-order valence-electron chi connectivity index (χ4n) is 3.86. The van der Waals surface area contributed by atoms with Crippen molar-refractivity contribution in [3.63, 3.8) is 0 Å². The Morgan fingerprint density at radius 3 is 1.77 bits per heavy atom. The number of anilines is 2. The van der Waals surface area contributed by atoms with Gasteiger partial charge in [0, 0.05) is 52.4 Å². The molecule has 10 heteroatoms. The second-order valence-electron chi connectivity index (χ2n) is 7.52. The molecule has 1 aromatic heterocycles. The molecular weight excluding hydrogens is 407 g/mol. The Bertz CT molecular complexity index is 938. The summed E-state index contributed by atoms with van der Waals surface area (Å²) in [6.07, 6.45) is 0. The zero-order valence-corrected chi connectivity index (χ0v) is 17.9. The van der Waals surface area contributed by atoms with Gasteiger partial charge < -0.3 is 14.7 Å². The van der Waals surface area contributed by atoms with E-state index in [4.69, 9.17) is 0 Å². The van der Waals surface area contributed by atoms with Crippen molar-refractivity contribution in [2.45, 2.75) is 11.8 Å². The highest BCUT2D eigenvalue weighted by molar-refractivity contribution is 7.89. The van der Waals surface area contributed by atoms with Gasteiger partial charge in [-0.15, -0.1) is 10.2 Å². The first-order valence-corrected chi connectivity index (χ1v) is 11.7. The molecule has 2 aromatic rings. The van der Waals surface area contributed by atoms with E-state index < -0.39 is 15.8 Å². The molecule has 30 heavy (non-hydrogen) atoms. The maximum Gasteiger partial charge on any atom is 0.243 e. The first-order valence-electron chi connectivity index (χ1n) is 10.3. The molecule has 0 unspecified atom stereocenters. The Morgan fingerprint density at radius 1 is 0.800 bits per heavy atom. The lowest BCUT2D eigenvalue weighted by Crippen LogP contribution is -2.49. The summed E-state index contributed by atoms with van der Waals surface area (Å²) in [5, 5.41) is 8.78. The molecule has 2 fully saturated rings. The molecule has 2 aliphatic heterocycles. The molecular formula is C20H27FN6O2S. The quantitative estimate of drug-likeness (QED) is 0.702. The van der Waals surface area contributed by atoms with E-state index in [1.165, 1.54) is 28.6 Å². The summed E-state index contributed by atoms with van der Waals surface area (Å²) < 4.78 is 40.0.